The van der Waals surface area contributed by atoms with Gasteiger partial charge in [-0.25, -0.2) is 0 Å². The van der Waals surface area contributed by atoms with Crippen molar-refractivity contribution >= 4 is 0 Å². The van der Waals surface area contributed by atoms with Crippen molar-refractivity contribution in [1.82, 2.24) is 4.98 Å². The Morgan fingerprint density at radius 3 is 3.06 bits per heavy atom. The maximum absolute atomic E-state index is 6.39. The average Bonchev–Trinajstić information content (AvgIpc) is 2.46. The number of hydrogen-bond acceptors (Lipinski definition) is 2. The van der Waals surface area contributed by atoms with Gasteiger partial charge in [-0.2, -0.15) is 0 Å². The highest BCUT2D eigenvalue weighted by Crippen LogP contribution is 2.33. The maximum atomic E-state index is 6.39. The third-order valence-electron chi connectivity index (χ3n) is 4.50. The fraction of sp³-hybridized carbons (Fsp3) is 0.688. The lowest BCUT2D eigenvalue weighted by molar-refractivity contribution is 0.224. The molecule has 1 saturated carbocycles. The number of nitrogens with two attached hydrogens (primary N) is 1. The summed E-state index contributed by atoms with van der Waals surface area (Å²) in [7, 11) is 0. The van der Waals surface area contributed by atoms with Crippen molar-refractivity contribution in [3.8, 4) is 0 Å². The highest BCUT2D eigenvalue weighted by Gasteiger charge is 2.25. The molecule has 100 valence electrons. The molecular formula is C16H26N2. The molecule has 2 heteroatoms. The fourth-order valence-corrected chi connectivity index (χ4v) is 3.21. The summed E-state index contributed by atoms with van der Waals surface area (Å²) in [5.74, 6) is 1.67. The first-order valence-electron chi connectivity index (χ1n) is 7.44. The van der Waals surface area contributed by atoms with Crippen LogP contribution in [-0.2, 0) is 6.42 Å². The molecule has 1 fully saturated rings. The smallest absolute Gasteiger partial charge is 0.0299 e. The average molecular weight is 246 g/mol. The number of aryl methyl sites for hydroxylation is 1. The Morgan fingerprint density at radius 1 is 1.44 bits per heavy atom. The van der Waals surface area contributed by atoms with Gasteiger partial charge in [0.2, 0.25) is 0 Å². The summed E-state index contributed by atoms with van der Waals surface area (Å²) < 4.78 is 0. The van der Waals surface area contributed by atoms with Crippen LogP contribution in [0.2, 0.25) is 0 Å². The van der Waals surface area contributed by atoms with Crippen LogP contribution in [0.4, 0.5) is 0 Å². The first kappa shape index (κ1) is 13.5. The van der Waals surface area contributed by atoms with Crippen LogP contribution in [0.25, 0.3) is 0 Å². The lowest BCUT2D eigenvalue weighted by atomic mass is 9.76. The van der Waals surface area contributed by atoms with Crippen LogP contribution in [0.15, 0.2) is 24.5 Å². The van der Waals surface area contributed by atoms with Gasteiger partial charge < -0.3 is 5.73 Å². The number of rotatable bonds is 5. The van der Waals surface area contributed by atoms with E-state index in [1.807, 2.05) is 18.5 Å². The Labute approximate surface area is 111 Å². The van der Waals surface area contributed by atoms with Gasteiger partial charge in [0, 0.05) is 18.4 Å². The molecule has 0 aromatic carbocycles. The number of aromatic nitrogens is 1. The Bertz CT molecular complexity index is 336. The number of hydrogen-bond donors (Lipinski definition) is 1. The second-order valence-corrected chi connectivity index (χ2v) is 5.76. The molecule has 3 atom stereocenters. The minimum atomic E-state index is 0.375. The van der Waals surface area contributed by atoms with Crippen LogP contribution in [0, 0.1) is 11.8 Å². The van der Waals surface area contributed by atoms with Gasteiger partial charge in [-0.1, -0.05) is 32.3 Å². The van der Waals surface area contributed by atoms with Gasteiger partial charge >= 0.3 is 0 Å². The third kappa shape index (κ3) is 3.81. The highest BCUT2D eigenvalue weighted by molar-refractivity contribution is 5.08. The normalized spacial score (nSPS) is 25.9. The molecule has 3 unspecified atom stereocenters. The third-order valence-corrected chi connectivity index (χ3v) is 4.50. The first-order chi connectivity index (χ1) is 8.79. The van der Waals surface area contributed by atoms with Gasteiger partial charge in [0.25, 0.3) is 0 Å². The topological polar surface area (TPSA) is 38.9 Å². The van der Waals surface area contributed by atoms with Crippen LogP contribution in [0.5, 0.6) is 0 Å². The molecule has 0 aliphatic heterocycles. The van der Waals surface area contributed by atoms with Crippen LogP contribution in [0.1, 0.15) is 51.0 Å². The van der Waals surface area contributed by atoms with Crippen molar-refractivity contribution in [1.29, 1.82) is 0 Å². The molecule has 2 rings (SSSR count). The van der Waals surface area contributed by atoms with Crippen molar-refractivity contribution in [2.45, 2.75) is 57.9 Å². The van der Waals surface area contributed by atoms with Crippen molar-refractivity contribution in [2.24, 2.45) is 17.6 Å². The standard InChI is InChI=1S/C16H26N2/c1-2-13-5-3-7-15(11-13)16(17)9-8-14-6-4-10-18-12-14/h4,6,10,12-13,15-16H,2-3,5,7-9,11,17H2,1H3. The Kier molecular flexibility index (Phi) is 5.18. The van der Waals surface area contributed by atoms with E-state index in [0.717, 1.165) is 24.7 Å². The molecule has 2 N–H and O–H groups in total. The summed E-state index contributed by atoms with van der Waals surface area (Å²) in [6.45, 7) is 2.31. The van der Waals surface area contributed by atoms with Gasteiger partial charge in [0.15, 0.2) is 0 Å². The molecule has 2 nitrogen and oxygen atoms in total. The van der Waals surface area contributed by atoms with Gasteiger partial charge in [-0.3, -0.25) is 4.98 Å². The quantitative estimate of drug-likeness (QED) is 0.862. The molecule has 0 saturated heterocycles. The van der Waals surface area contributed by atoms with E-state index in [1.54, 1.807) is 0 Å². The molecule has 0 amide bonds. The van der Waals surface area contributed by atoms with E-state index in [1.165, 1.54) is 37.7 Å². The molecule has 0 bridgehead atoms. The second kappa shape index (κ2) is 6.89. The van der Waals surface area contributed by atoms with Crippen molar-refractivity contribution < 1.29 is 0 Å². The lowest BCUT2D eigenvalue weighted by Gasteiger charge is -2.32. The summed E-state index contributed by atoms with van der Waals surface area (Å²) in [6.07, 6.45) is 12.8. The van der Waals surface area contributed by atoms with E-state index in [9.17, 15) is 0 Å². The van der Waals surface area contributed by atoms with Crippen LogP contribution in [-0.4, -0.2) is 11.0 Å². The van der Waals surface area contributed by atoms with Crippen LogP contribution < -0.4 is 5.73 Å². The molecule has 0 spiro atoms. The van der Waals surface area contributed by atoms with E-state index in [-0.39, 0.29) is 0 Å². The number of pyridine rings is 1. The summed E-state index contributed by atoms with van der Waals surface area (Å²) in [5, 5.41) is 0. The molecule has 1 aliphatic rings. The van der Waals surface area contributed by atoms with Gasteiger partial charge in [-0.15, -0.1) is 0 Å². The zero-order chi connectivity index (χ0) is 12.8. The molecule has 18 heavy (non-hydrogen) atoms. The maximum Gasteiger partial charge on any atom is 0.0299 e. The van der Waals surface area contributed by atoms with Crippen LogP contribution >= 0.6 is 0 Å². The zero-order valence-electron chi connectivity index (χ0n) is 11.5. The zero-order valence-corrected chi connectivity index (χ0v) is 11.5. The predicted molar refractivity (Wildman–Crippen MR) is 76.3 cm³/mol. The van der Waals surface area contributed by atoms with Gasteiger partial charge in [-0.05, 0) is 49.1 Å². The van der Waals surface area contributed by atoms with Gasteiger partial charge in [0.1, 0.15) is 0 Å². The minimum Gasteiger partial charge on any atom is -0.327 e. The van der Waals surface area contributed by atoms with Crippen LogP contribution in [0.3, 0.4) is 0 Å². The largest absolute Gasteiger partial charge is 0.327 e. The fourth-order valence-electron chi connectivity index (χ4n) is 3.21. The monoisotopic (exact) mass is 246 g/mol. The van der Waals surface area contributed by atoms with E-state index in [2.05, 4.69) is 18.0 Å². The SMILES string of the molecule is CCC1CCCC(C(N)CCc2cccnc2)C1. The van der Waals surface area contributed by atoms with E-state index in [0.29, 0.717) is 6.04 Å². The van der Waals surface area contributed by atoms with E-state index in [4.69, 9.17) is 5.73 Å². The number of nitrogens with zero attached hydrogens (tertiary/aromatic N) is 1. The van der Waals surface area contributed by atoms with E-state index >= 15 is 0 Å². The Hall–Kier alpha value is -0.890. The minimum absolute atomic E-state index is 0.375. The molecule has 1 aromatic heterocycles. The summed E-state index contributed by atoms with van der Waals surface area (Å²) in [5.41, 5.74) is 7.71. The van der Waals surface area contributed by atoms with Gasteiger partial charge in [0.05, 0.1) is 0 Å². The molecule has 1 heterocycles. The molecule has 1 aromatic rings. The molecule has 1 aliphatic carbocycles. The Morgan fingerprint density at radius 2 is 2.33 bits per heavy atom. The summed E-state index contributed by atoms with van der Waals surface area (Å²) >= 11 is 0. The molecular weight excluding hydrogens is 220 g/mol. The van der Waals surface area contributed by atoms with Crippen molar-refractivity contribution in [2.75, 3.05) is 0 Å². The van der Waals surface area contributed by atoms with Crippen molar-refractivity contribution in [3.05, 3.63) is 30.1 Å². The van der Waals surface area contributed by atoms with Crippen molar-refractivity contribution in [3.63, 3.8) is 0 Å². The Balaban J connectivity index is 1.79. The highest BCUT2D eigenvalue weighted by atomic mass is 14.7. The summed E-state index contributed by atoms with van der Waals surface area (Å²) in [6, 6.07) is 4.53. The predicted octanol–water partition coefficient (Wildman–Crippen LogP) is 3.56. The lowest BCUT2D eigenvalue weighted by Crippen LogP contribution is -2.34. The first-order valence-corrected chi connectivity index (χ1v) is 7.44. The summed E-state index contributed by atoms with van der Waals surface area (Å²) in [4.78, 5) is 4.16. The second-order valence-electron chi connectivity index (χ2n) is 5.76. The molecule has 0 radical (unpaired) electrons. The van der Waals surface area contributed by atoms with E-state index < -0.39 is 0 Å².